The van der Waals surface area contributed by atoms with E-state index >= 15 is 0 Å². The molecular weight excluding hydrogens is 302 g/mol. The number of aryl methyl sites for hydroxylation is 1. The number of aromatic nitrogens is 3. The molecule has 0 aliphatic carbocycles. The van der Waals surface area contributed by atoms with Crippen LogP contribution in [0.15, 0.2) is 30.5 Å². The SMILES string of the molecule is CCN(CC)CCOc1ccc(CNC(C)c2cnn(C)n2)cc1. The maximum absolute atomic E-state index is 5.81. The summed E-state index contributed by atoms with van der Waals surface area (Å²) in [7, 11) is 1.83. The van der Waals surface area contributed by atoms with Gasteiger partial charge in [-0.3, -0.25) is 0 Å². The van der Waals surface area contributed by atoms with Gasteiger partial charge in [-0.1, -0.05) is 26.0 Å². The molecule has 0 radical (unpaired) electrons. The average Bonchev–Trinajstić information content (AvgIpc) is 3.04. The van der Waals surface area contributed by atoms with Crippen molar-refractivity contribution in [1.29, 1.82) is 0 Å². The molecule has 0 aliphatic heterocycles. The predicted molar refractivity (Wildman–Crippen MR) is 96.0 cm³/mol. The van der Waals surface area contributed by atoms with Crippen LogP contribution in [0.2, 0.25) is 0 Å². The molecule has 0 saturated carbocycles. The molecule has 1 aromatic heterocycles. The van der Waals surface area contributed by atoms with Gasteiger partial charge in [-0.05, 0) is 37.7 Å². The first-order valence-corrected chi connectivity index (χ1v) is 8.66. The number of ether oxygens (including phenoxy) is 1. The third-order valence-corrected chi connectivity index (χ3v) is 4.17. The lowest BCUT2D eigenvalue weighted by Crippen LogP contribution is -2.27. The zero-order valence-corrected chi connectivity index (χ0v) is 15.2. The van der Waals surface area contributed by atoms with Gasteiger partial charge >= 0.3 is 0 Å². The smallest absolute Gasteiger partial charge is 0.119 e. The van der Waals surface area contributed by atoms with Crippen LogP contribution in [0.1, 0.15) is 38.1 Å². The Bertz CT molecular complexity index is 592. The Balaban J connectivity index is 1.75. The van der Waals surface area contributed by atoms with Crippen LogP contribution in [-0.2, 0) is 13.6 Å². The topological polar surface area (TPSA) is 55.2 Å². The average molecular weight is 331 g/mol. The van der Waals surface area contributed by atoms with Crippen LogP contribution in [0.5, 0.6) is 5.75 Å². The Kier molecular flexibility index (Phi) is 7.21. The van der Waals surface area contributed by atoms with Crippen LogP contribution in [0, 0.1) is 0 Å². The van der Waals surface area contributed by atoms with Crippen molar-refractivity contribution in [2.45, 2.75) is 33.4 Å². The molecule has 6 heteroatoms. The Morgan fingerprint density at radius 3 is 2.50 bits per heavy atom. The van der Waals surface area contributed by atoms with Gasteiger partial charge in [0, 0.05) is 20.1 Å². The van der Waals surface area contributed by atoms with E-state index in [2.05, 4.69) is 53.3 Å². The van der Waals surface area contributed by atoms with Crippen LogP contribution >= 0.6 is 0 Å². The Labute approximate surface area is 144 Å². The normalized spacial score (nSPS) is 12.5. The van der Waals surface area contributed by atoms with E-state index in [1.165, 1.54) is 5.56 Å². The highest BCUT2D eigenvalue weighted by Gasteiger charge is 2.08. The van der Waals surface area contributed by atoms with Crippen molar-refractivity contribution in [3.05, 3.63) is 41.7 Å². The van der Waals surface area contributed by atoms with E-state index < -0.39 is 0 Å². The molecule has 0 saturated heterocycles. The van der Waals surface area contributed by atoms with Crippen molar-refractivity contribution in [1.82, 2.24) is 25.2 Å². The van der Waals surface area contributed by atoms with Gasteiger partial charge in [0.25, 0.3) is 0 Å². The molecule has 132 valence electrons. The number of likely N-dealkylation sites (N-methyl/N-ethyl adjacent to an activating group) is 1. The van der Waals surface area contributed by atoms with E-state index in [-0.39, 0.29) is 6.04 Å². The second-order valence-corrected chi connectivity index (χ2v) is 5.88. The number of rotatable bonds is 10. The molecule has 1 N–H and O–H groups in total. The zero-order chi connectivity index (χ0) is 17.4. The molecule has 0 spiro atoms. The first-order valence-electron chi connectivity index (χ1n) is 8.66. The number of nitrogens with one attached hydrogen (secondary N) is 1. The molecule has 24 heavy (non-hydrogen) atoms. The van der Waals surface area contributed by atoms with Crippen LogP contribution in [0.25, 0.3) is 0 Å². The van der Waals surface area contributed by atoms with Gasteiger partial charge in [-0.25, -0.2) is 0 Å². The van der Waals surface area contributed by atoms with Gasteiger partial charge in [-0.15, -0.1) is 0 Å². The lowest BCUT2D eigenvalue weighted by molar-refractivity contribution is 0.223. The monoisotopic (exact) mass is 331 g/mol. The third kappa shape index (κ3) is 5.62. The summed E-state index contributed by atoms with van der Waals surface area (Å²) in [4.78, 5) is 3.93. The van der Waals surface area contributed by atoms with E-state index in [0.29, 0.717) is 0 Å². The molecule has 1 aromatic carbocycles. The quantitative estimate of drug-likeness (QED) is 0.724. The molecule has 0 fully saturated rings. The standard InChI is InChI=1S/C18H29N5O/c1-5-23(6-2)11-12-24-17-9-7-16(8-10-17)13-19-15(3)18-14-20-22(4)21-18/h7-10,14-15,19H,5-6,11-13H2,1-4H3. The van der Waals surface area contributed by atoms with Crippen LogP contribution in [0.4, 0.5) is 0 Å². The number of hydrogen-bond donors (Lipinski definition) is 1. The summed E-state index contributed by atoms with van der Waals surface area (Å²) in [6, 6.07) is 8.44. The van der Waals surface area contributed by atoms with Crippen LogP contribution in [-0.4, -0.2) is 46.1 Å². The summed E-state index contributed by atoms with van der Waals surface area (Å²) < 4.78 is 5.81. The largest absolute Gasteiger partial charge is 0.492 e. The van der Waals surface area contributed by atoms with Crippen molar-refractivity contribution in [2.75, 3.05) is 26.2 Å². The first-order chi connectivity index (χ1) is 11.6. The van der Waals surface area contributed by atoms with Gasteiger partial charge in [0.1, 0.15) is 12.4 Å². The van der Waals surface area contributed by atoms with Crippen molar-refractivity contribution in [3.8, 4) is 5.75 Å². The number of benzene rings is 1. The second kappa shape index (κ2) is 9.39. The zero-order valence-electron chi connectivity index (χ0n) is 15.2. The molecule has 6 nitrogen and oxygen atoms in total. The van der Waals surface area contributed by atoms with Gasteiger partial charge in [-0.2, -0.15) is 15.0 Å². The lowest BCUT2D eigenvalue weighted by Gasteiger charge is -2.18. The maximum Gasteiger partial charge on any atom is 0.119 e. The lowest BCUT2D eigenvalue weighted by atomic mass is 10.2. The summed E-state index contributed by atoms with van der Waals surface area (Å²) in [6.07, 6.45) is 1.80. The van der Waals surface area contributed by atoms with Gasteiger partial charge in [0.15, 0.2) is 0 Å². The van der Waals surface area contributed by atoms with Crippen LogP contribution in [0.3, 0.4) is 0 Å². The molecule has 0 amide bonds. The van der Waals surface area contributed by atoms with Crippen molar-refractivity contribution < 1.29 is 4.74 Å². The van der Waals surface area contributed by atoms with Crippen molar-refractivity contribution in [2.24, 2.45) is 7.05 Å². The minimum atomic E-state index is 0.170. The van der Waals surface area contributed by atoms with Crippen LogP contribution < -0.4 is 10.1 Å². The van der Waals surface area contributed by atoms with E-state index in [9.17, 15) is 0 Å². The Hall–Kier alpha value is -1.92. The fourth-order valence-corrected chi connectivity index (χ4v) is 2.47. The number of hydrogen-bond acceptors (Lipinski definition) is 5. The fourth-order valence-electron chi connectivity index (χ4n) is 2.47. The summed E-state index contributed by atoms with van der Waals surface area (Å²) in [5, 5.41) is 11.9. The number of nitrogens with zero attached hydrogens (tertiary/aromatic N) is 4. The fraction of sp³-hybridized carbons (Fsp3) is 0.556. The summed E-state index contributed by atoms with van der Waals surface area (Å²) >= 11 is 0. The molecule has 1 heterocycles. The maximum atomic E-state index is 5.81. The van der Waals surface area contributed by atoms with E-state index in [1.54, 1.807) is 11.0 Å². The van der Waals surface area contributed by atoms with E-state index in [0.717, 1.165) is 44.2 Å². The van der Waals surface area contributed by atoms with Crippen molar-refractivity contribution in [3.63, 3.8) is 0 Å². The molecular formula is C18H29N5O. The van der Waals surface area contributed by atoms with Gasteiger partial charge in [0.05, 0.1) is 17.9 Å². The molecule has 1 unspecified atom stereocenters. The molecule has 0 bridgehead atoms. The predicted octanol–water partition coefficient (Wildman–Crippen LogP) is 2.39. The molecule has 2 rings (SSSR count). The van der Waals surface area contributed by atoms with E-state index in [4.69, 9.17) is 4.74 Å². The summed E-state index contributed by atoms with van der Waals surface area (Å²) in [6.45, 7) is 11.0. The molecule has 2 aromatic rings. The van der Waals surface area contributed by atoms with Gasteiger partial charge in [0.2, 0.25) is 0 Å². The summed E-state index contributed by atoms with van der Waals surface area (Å²) in [5.74, 6) is 0.924. The molecule has 1 atom stereocenters. The highest BCUT2D eigenvalue weighted by molar-refractivity contribution is 5.27. The third-order valence-electron chi connectivity index (χ3n) is 4.17. The highest BCUT2D eigenvalue weighted by atomic mass is 16.5. The Morgan fingerprint density at radius 1 is 1.21 bits per heavy atom. The summed E-state index contributed by atoms with van der Waals surface area (Å²) in [5.41, 5.74) is 2.18. The Morgan fingerprint density at radius 2 is 1.92 bits per heavy atom. The van der Waals surface area contributed by atoms with E-state index in [1.807, 2.05) is 19.2 Å². The van der Waals surface area contributed by atoms with Gasteiger partial charge < -0.3 is 15.0 Å². The van der Waals surface area contributed by atoms with Crippen molar-refractivity contribution >= 4 is 0 Å². The first kappa shape index (κ1) is 18.4. The molecule has 0 aliphatic rings. The highest BCUT2D eigenvalue weighted by Crippen LogP contribution is 2.14. The minimum Gasteiger partial charge on any atom is -0.492 e. The minimum absolute atomic E-state index is 0.170. The second-order valence-electron chi connectivity index (χ2n) is 5.88.